The van der Waals surface area contributed by atoms with Crippen molar-refractivity contribution in [3.8, 4) is 5.75 Å². The maximum atomic E-state index is 13.6. The Bertz CT molecular complexity index is 1700. The molecule has 212 valence electrons. The number of carbonyl (C=O) groups excluding carboxylic acids is 3. The van der Waals surface area contributed by atoms with E-state index in [4.69, 9.17) is 9.47 Å². The van der Waals surface area contributed by atoms with E-state index in [0.717, 1.165) is 23.3 Å². The molecule has 1 aliphatic rings. The van der Waals surface area contributed by atoms with Crippen molar-refractivity contribution in [1.29, 1.82) is 0 Å². The van der Waals surface area contributed by atoms with Crippen LogP contribution in [0.2, 0.25) is 0 Å². The summed E-state index contributed by atoms with van der Waals surface area (Å²) in [5.41, 5.74) is 3.14. The second-order valence-electron chi connectivity index (χ2n) is 9.65. The van der Waals surface area contributed by atoms with Gasteiger partial charge in [-0.3, -0.25) is 14.5 Å². The van der Waals surface area contributed by atoms with Crippen LogP contribution in [-0.2, 0) is 14.3 Å². The van der Waals surface area contributed by atoms with Crippen LogP contribution < -0.4 is 9.64 Å². The third-order valence-corrected chi connectivity index (χ3v) is 8.01. The number of ether oxygens (including phenoxy) is 2. The molecule has 1 unspecified atom stereocenters. The Kier molecular flexibility index (Phi) is 7.63. The number of hydrogen-bond acceptors (Lipinski definition) is 9. The second-order valence-corrected chi connectivity index (χ2v) is 10.6. The number of aromatic nitrogens is 3. The summed E-state index contributed by atoms with van der Waals surface area (Å²) in [4.78, 5) is 50.3. The number of thiazole rings is 1. The number of imidazole rings is 1. The molecule has 4 heterocycles. The number of amides is 1. The number of aryl methyl sites for hydroxylation is 3. The number of anilines is 1. The van der Waals surface area contributed by atoms with Crippen LogP contribution in [0, 0.1) is 20.8 Å². The normalized spacial score (nSPS) is 16.5. The van der Waals surface area contributed by atoms with Crippen LogP contribution >= 0.6 is 11.3 Å². The third kappa shape index (κ3) is 4.86. The highest BCUT2D eigenvalue weighted by Crippen LogP contribution is 2.44. The molecule has 0 saturated carbocycles. The van der Waals surface area contributed by atoms with E-state index in [1.54, 1.807) is 45.0 Å². The van der Waals surface area contributed by atoms with Crippen LogP contribution in [-0.4, -0.2) is 50.3 Å². The summed E-state index contributed by atoms with van der Waals surface area (Å²) in [5.74, 6) is -2.06. The molecule has 0 radical (unpaired) electrons. The number of fused-ring (bicyclic) bond motifs is 1. The summed E-state index contributed by atoms with van der Waals surface area (Å²) < 4.78 is 12.7. The summed E-state index contributed by atoms with van der Waals surface area (Å²) in [7, 11) is 0. The second kappa shape index (κ2) is 11.2. The highest BCUT2D eigenvalue weighted by Gasteiger charge is 2.49. The molecule has 1 aliphatic heterocycles. The van der Waals surface area contributed by atoms with Crippen molar-refractivity contribution in [3.63, 3.8) is 0 Å². The number of aliphatic hydroxyl groups is 1. The topological polar surface area (TPSA) is 123 Å². The van der Waals surface area contributed by atoms with E-state index in [9.17, 15) is 19.5 Å². The molecule has 1 amide bonds. The minimum Gasteiger partial charge on any atom is -0.505 e. The minimum absolute atomic E-state index is 0.119. The van der Waals surface area contributed by atoms with Crippen LogP contribution in [0.3, 0.4) is 0 Å². The highest BCUT2D eigenvalue weighted by atomic mass is 32.1. The van der Waals surface area contributed by atoms with E-state index in [2.05, 4.69) is 9.97 Å². The smallest absolute Gasteiger partial charge is 0.350 e. The molecule has 1 aromatic carbocycles. The van der Waals surface area contributed by atoms with Crippen molar-refractivity contribution in [2.24, 2.45) is 0 Å². The SMILES string of the molecule is CCCOc1ccc(C2C(=C(O)c3nc4c(C)cccn4c3C)C(=O)C(=O)N2c2nc(C)c(C(=O)OCC)s2)cc1. The summed E-state index contributed by atoms with van der Waals surface area (Å²) in [5, 5.41) is 11.8. The number of rotatable bonds is 8. The van der Waals surface area contributed by atoms with Gasteiger partial charge in [-0.05, 0) is 63.4 Å². The van der Waals surface area contributed by atoms with Gasteiger partial charge in [0.15, 0.2) is 10.9 Å². The number of nitrogens with zero attached hydrogens (tertiary/aromatic N) is 4. The maximum Gasteiger partial charge on any atom is 0.350 e. The van der Waals surface area contributed by atoms with Gasteiger partial charge >= 0.3 is 11.9 Å². The average molecular weight is 575 g/mol. The number of benzene rings is 1. The van der Waals surface area contributed by atoms with Gasteiger partial charge in [0.2, 0.25) is 0 Å². The van der Waals surface area contributed by atoms with Gasteiger partial charge in [-0.15, -0.1) is 0 Å². The molecule has 0 bridgehead atoms. The number of Topliss-reactive ketones (excluding diaryl/α,β-unsaturated/α-hetero) is 1. The number of esters is 1. The van der Waals surface area contributed by atoms with Crippen molar-refractivity contribution in [2.75, 3.05) is 18.1 Å². The van der Waals surface area contributed by atoms with Crippen LogP contribution in [0.25, 0.3) is 11.4 Å². The Hall–Kier alpha value is -4.51. The zero-order valence-electron chi connectivity index (χ0n) is 23.4. The lowest BCUT2D eigenvalue weighted by atomic mass is 9.96. The molecule has 41 heavy (non-hydrogen) atoms. The number of ketones is 1. The largest absolute Gasteiger partial charge is 0.505 e. The minimum atomic E-state index is -1.03. The third-order valence-electron chi connectivity index (χ3n) is 6.87. The molecule has 1 saturated heterocycles. The number of pyridine rings is 1. The lowest BCUT2D eigenvalue weighted by Gasteiger charge is -2.23. The fourth-order valence-electron chi connectivity index (χ4n) is 4.86. The Labute approximate surface area is 240 Å². The van der Waals surface area contributed by atoms with Crippen LogP contribution in [0.15, 0.2) is 48.2 Å². The molecule has 5 rings (SSSR count). The Morgan fingerprint density at radius 1 is 1.07 bits per heavy atom. The standard InChI is InChI=1S/C30H30N4O6S/c1-6-15-40-20-12-10-19(11-13-20)23-21(24(35)22-18(5)33-14-8-9-16(3)27(33)32-22)25(36)28(37)34(23)30-31-17(4)26(41-30)29(38)39-7-2/h8-14,23,35H,6-7,15H2,1-5H3. The molecule has 4 aromatic rings. The van der Waals surface area contributed by atoms with Crippen molar-refractivity contribution in [3.05, 3.63) is 81.3 Å². The Morgan fingerprint density at radius 2 is 1.80 bits per heavy atom. The van der Waals surface area contributed by atoms with E-state index >= 15 is 0 Å². The molecule has 1 atom stereocenters. The fraction of sp³-hybridized carbons (Fsp3) is 0.300. The molecule has 1 fully saturated rings. The first-order valence-electron chi connectivity index (χ1n) is 13.3. The van der Waals surface area contributed by atoms with Crippen molar-refractivity contribution < 1.29 is 29.0 Å². The van der Waals surface area contributed by atoms with Crippen molar-refractivity contribution in [1.82, 2.24) is 14.4 Å². The van der Waals surface area contributed by atoms with Gasteiger partial charge in [0.1, 0.15) is 22.0 Å². The summed E-state index contributed by atoms with van der Waals surface area (Å²) in [6.45, 7) is 9.75. The predicted octanol–water partition coefficient (Wildman–Crippen LogP) is 5.31. The molecule has 3 aromatic heterocycles. The van der Waals surface area contributed by atoms with Crippen molar-refractivity contribution in [2.45, 2.75) is 47.1 Å². The van der Waals surface area contributed by atoms with Gasteiger partial charge in [0, 0.05) is 6.20 Å². The van der Waals surface area contributed by atoms with Gasteiger partial charge in [-0.25, -0.2) is 14.8 Å². The van der Waals surface area contributed by atoms with Gasteiger partial charge in [0.05, 0.1) is 36.2 Å². The van der Waals surface area contributed by atoms with E-state index < -0.39 is 23.7 Å². The van der Waals surface area contributed by atoms with E-state index in [-0.39, 0.29) is 33.6 Å². The van der Waals surface area contributed by atoms with Crippen molar-refractivity contribution >= 4 is 45.5 Å². The summed E-state index contributed by atoms with van der Waals surface area (Å²) >= 11 is 0.960. The van der Waals surface area contributed by atoms with Crippen LogP contribution in [0.5, 0.6) is 5.75 Å². The monoisotopic (exact) mass is 574 g/mol. The first kappa shape index (κ1) is 28.0. The van der Waals surface area contributed by atoms with Crippen LogP contribution in [0.4, 0.5) is 5.13 Å². The van der Waals surface area contributed by atoms with Crippen LogP contribution in [0.1, 0.15) is 64.2 Å². The molecule has 0 spiro atoms. The number of carbonyl (C=O) groups is 3. The van der Waals surface area contributed by atoms with E-state index in [1.165, 1.54) is 4.90 Å². The maximum absolute atomic E-state index is 13.6. The number of aliphatic hydroxyl groups excluding tert-OH is 1. The Morgan fingerprint density at radius 3 is 2.46 bits per heavy atom. The van der Waals surface area contributed by atoms with Gasteiger partial charge in [-0.2, -0.15) is 0 Å². The summed E-state index contributed by atoms with van der Waals surface area (Å²) in [6.07, 6.45) is 2.66. The Balaban J connectivity index is 1.70. The lowest BCUT2D eigenvalue weighted by molar-refractivity contribution is -0.132. The summed E-state index contributed by atoms with van der Waals surface area (Å²) in [6, 6.07) is 9.74. The molecule has 0 aliphatic carbocycles. The van der Waals surface area contributed by atoms with E-state index in [0.29, 0.717) is 35.0 Å². The quantitative estimate of drug-likeness (QED) is 0.130. The van der Waals surface area contributed by atoms with E-state index in [1.807, 2.05) is 36.6 Å². The van der Waals surface area contributed by atoms with Gasteiger partial charge in [-0.1, -0.05) is 36.5 Å². The zero-order valence-corrected chi connectivity index (χ0v) is 24.2. The fourth-order valence-corrected chi connectivity index (χ4v) is 5.84. The molecular formula is C30H30N4O6S. The molecule has 1 N–H and O–H groups in total. The molecule has 10 nitrogen and oxygen atoms in total. The molecule has 11 heteroatoms. The highest BCUT2D eigenvalue weighted by molar-refractivity contribution is 7.17. The first-order valence-corrected chi connectivity index (χ1v) is 14.1. The number of hydrogen-bond donors (Lipinski definition) is 1. The van der Waals surface area contributed by atoms with Gasteiger partial charge in [0.25, 0.3) is 5.78 Å². The first-order chi connectivity index (χ1) is 19.7. The predicted molar refractivity (Wildman–Crippen MR) is 154 cm³/mol. The molecular weight excluding hydrogens is 544 g/mol. The zero-order chi connectivity index (χ0) is 29.4. The lowest BCUT2D eigenvalue weighted by Crippen LogP contribution is -2.29. The average Bonchev–Trinajstić information content (AvgIpc) is 3.59. The van der Waals surface area contributed by atoms with Gasteiger partial charge < -0.3 is 19.0 Å².